The van der Waals surface area contributed by atoms with E-state index < -0.39 is 0 Å². The summed E-state index contributed by atoms with van der Waals surface area (Å²) in [6.45, 7) is 4.54. The zero-order valence-corrected chi connectivity index (χ0v) is 10.00. The van der Waals surface area contributed by atoms with Gasteiger partial charge in [0.25, 0.3) is 0 Å². The maximum absolute atomic E-state index is 9.44. The Morgan fingerprint density at radius 1 is 1.60 bits per heavy atom. The number of aliphatic hydroxyl groups excluding tert-OH is 1. The summed E-state index contributed by atoms with van der Waals surface area (Å²) in [6, 6.07) is 0.581. The van der Waals surface area contributed by atoms with Crippen LogP contribution in [0.15, 0.2) is 0 Å². The van der Waals surface area contributed by atoms with E-state index in [4.69, 9.17) is 0 Å². The number of aliphatic hydroxyl groups is 1. The van der Waals surface area contributed by atoms with Crippen molar-refractivity contribution in [1.29, 1.82) is 0 Å². The van der Waals surface area contributed by atoms with E-state index in [1.54, 1.807) is 0 Å². The molecule has 1 heterocycles. The van der Waals surface area contributed by atoms with Gasteiger partial charge in [-0.15, -0.1) is 0 Å². The molecule has 4 nitrogen and oxygen atoms in total. The molecule has 1 aliphatic carbocycles. The molecule has 1 fully saturated rings. The summed E-state index contributed by atoms with van der Waals surface area (Å²) in [5.74, 6) is 0.909. The van der Waals surface area contributed by atoms with Crippen LogP contribution in [0, 0.1) is 0 Å². The molecule has 1 aliphatic rings. The maximum atomic E-state index is 9.44. The molecule has 0 saturated heterocycles. The normalized spacial score (nSPS) is 17.8. The van der Waals surface area contributed by atoms with Crippen LogP contribution in [0.3, 0.4) is 0 Å². The lowest BCUT2D eigenvalue weighted by atomic mass is 10.3. The Bertz CT molecular complexity index is 322. The number of aromatic nitrogens is 2. The Kier molecular flexibility index (Phi) is 3.21. The molecule has 0 amide bonds. The lowest BCUT2D eigenvalue weighted by Gasteiger charge is -2.22. The molecule has 1 saturated carbocycles. The second kappa shape index (κ2) is 4.45. The summed E-state index contributed by atoms with van der Waals surface area (Å²) in [6.07, 6.45) is 3.00. The third-order valence-electron chi connectivity index (χ3n) is 2.47. The van der Waals surface area contributed by atoms with E-state index in [2.05, 4.69) is 21.2 Å². The van der Waals surface area contributed by atoms with Crippen LogP contribution in [0.4, 0.5) is 5.13 Å². The van der Waals surface area contributed by atoms with E-state index in [9.17, 15) is 5.11 Å². The Hall–Kier alpha value is -0.680. The van der Waals surface area contributed by atoms with Crippen LogP contribution < -0.4 is 4.90 Å². The average molecular weight is 227 g/mol. The summed E-state index contributed by atoms with van der Waals surface area (Å²) >= 11 is 1.45. The van der Waals surface area contributed by atoms with Gasteiger partial charge >= 0.3 is 0 Å². The van der Waals surface area contributed by atoms with Gasteiger partial charge < -0.3 is 10.0 Å². The molecule has 1 aromatic rings. The molecule has 1 N–H and O–H groups in total. The van der Waals surface area contributed by atoms with Gasteiger partial charge in [0, 0.05) is 30.5 Å². The van der Waals surface area contributed by atoms with Crippen LogP contribution in [-0.2, 0) is 6.42 Å². The zero-order chi connectivity index (χ0) is 10.8. The van der Waals surface area contributed by atoms with E-state index in [1.165, 1.54) is 24.4 Å². The number of rotatable bonds is 5. The highest BCUT2D eigenvalue weighted by atomic mass is 32.1. The smallest absolute Gasteiger partial charge is 0.205 e. The van der Waals surface area contributed by atoms with Crippen molar-refractivity contribution < 1.29 is 5.11 Å². The summed E-state index contributed by atoms with van der Waals surface area (Å²) in [4.78, 5) is 6.66. The Morgan fingerprint density at radius 3 is 2.80 bits per heavy atom. The molecule has 0 aliphatic heterocycles. The molecule has 2 rings (SSSR count). The SMILES string of the molecule is CCc1nsc(N(CC(C)O)C2CC2)n1. The van der Waals surface area contributed by atoms with Gasteiger partial charge in [-0.3, -0.25) is 0 Å². The minimum atomic E-state index is -0.306. The van der Waals surface area contributed by atoms with E-state index in [0.717, 1.165) is 17.4 Å². The van der Waals surface area contributed by atoms with E-state index in [-0.39, 0.29) is 6.10 Å². The van der Waals surface area contributed by atoms with Gasteiger partial charge in [-0.05, 0) is 19.8 Å². The molecule has 15 heavy (non-hydrogen) atoms. The van der Waals surface area contributed by atoms with Gasteiger partial charge in [-0.2, -0.15) is 4.37 Å². The third-order valence-corrected chi connectivity index (χ3v) is 3.26. The molecule has 1 aromatic heterocycles. The monoisotopic (exact) mass is 227 g/mol. The zero-order valence-electron chi connectivity index (χ0n) is 9.18. The minimum absolute atomic E-state index is 0.306. The van der Waals surface area contributed by atoms with Crippen molar-refractivity contribution in [2.75, 3.05) is 11.4 Å². The molecule has 1 atom stereocenters. The van der Waals surface area contributed by atoms with Crippen LogP contribution in [0.25, 0.3) is 0 Å². The Morgan fingerprint density at radius 2 is 2.33 bits per heavy atom. The standard InChI is InChI=1S/C10H17N3OS/c1-3-9-11-10(15-12-9)13(6-7(2)14)8-4-5-8/h7-8,14H,3-6H2,1-2H3. The lowest BCUT2D eigenvalue weighted by Crippen LogP contribution is -2.32. The molecule has 0 spiro atoms. The lowest BCUT2D eigenvalue weighted by molar-refractivity contribution is 0.199. The van der Waals surface area contributed by atoms with Crippen molar-refractivity contribution in [3.05, 3.63) is 5.82 Å². The largest absolute Gasteiger partial charge is 0.392 e. The first kappa shape index (κ1) is 10.8. The van der Waals surface area contributed by atoms with E-state index in [1.807, 2.05) is 6.92 Å². The molecular formula is C10H17N3OS. The van der Waals surface area contributed by atoms with Crippen molar-refractivity contribution in [3.63, 3.8) is 0 Å². The molecule has 0 bridgehead atoms. The number of aryl methyl sites for hydroxylation is 1. The van der Waals surface area contributed by atoms with Crippen molar-refractivity contribution in [1.82, 2.24) is 9.36 Å². The quantitative estimate of drug-likeness (QED) is 0.827. The first-order chi connectivity index (χ1) is 7.20. The van der Waals surface area contributed by atoms with Crippen molar-refractivity contribution in [2.24, 2.45) is 0 Å². The van der Waals surface area contributed by atoms with E-state index in [0.29, 0.717) is 12.6 Å². The molecule has 5 heteroatoms. The Labute approximate surface area is 94.1 Å². The van der Waals surface area contributed by atoms with Crippen molar-refractivity contribution in [2.45, 2.75) is 45.3 Å². The van der Waals surface area contributed by atoms with Crippen LogP contribution in [0.5, 0.6) is 0 Å². The number of nitrogens with zero attached hydrogens (tertiary/aromatic N) is 3. The van der Waals surface area contributed by atoms with Gasteiger partial charge in [0.2, 0.25) is 5.13 Å². The average Bonchev–Trinajstić information content (AvgIpc) is 2.92. The van der Waals surface area contributed by atoms with Crippen LogP contribution >= 0.6 is 11.5 Å². The van der Waals surface area contributed by atoms with Crippen molar-refractivity contribution in [3.8, 4) is 0 Å². The number of hydrogen-bond acceptors (Lipinski definition) is 5. The highest BCUT2D eigenvalue weighted by Crippen LogP contribution is 2.32. The fourth-order valence-electron chi connectivity index (χ4n) is 1.56. The Balaban J connectivity index is 2.09. The fourth-order valence-corrected chi connectivity index (χ4v) is 2.39. The van der Waals surface area contributed by atoms with E-state index >= 15 is 0 Å². The first-order valence-corrected chi connectivity index (χ1v) is 6.25. The maximum Gasteiger partial charge on any atom is 0.205 e. The topological polar surface area (TPSA) is 49.2 Å². The van der Waals surface area contributed by atoms with Crippen LogP contribution in [0.2, 0.25) is 0 Å². The molecule has 0 radical (unpaired) electrons. The highest BCUT2D eigenvalue weighted by molar-refractivity contribution is 7.09. The predicted octanol–water partition coefficient (Wildman–Crippen LogP) is 1.45. The summed E-state index contributed by atoms with van der Waals surface area (Å²) in [7, 11) is 0. The van der Waals surface area contributed by atoms with Crippen LogP contribution in [0.1, 0.15) is 32.5 Å². The summed E-state index contributed by atoms with van der Waals surface area (Å²) in [5, 5.41) is 10.4. The summed E-state index contributed by atoms with van der Waals surface area (Å²) in [5.41, 5.74) is 0. The van der Waals surface area contributed by atoms with Gasteiger partial charge in [-0.25, -0.2) is 4.98 Å². The van der Waals surface area contributed by atoms with Crippen molar-refractivity contribution >= 4 is 16.7 Å². The predicted molar refractivity (Wildman–Crippen MR) is 61.3 cm³/mol. The molecule has 84 valence electrons. The van der Waals surface area contributed by atoms with Gasteiger partial charge in [-0.1, -0.05) is 6.92 Å². The molecule has 1 unspecified atom stereocenters. The third kappa shape index (κ3) is 2.66. The second-order valence-electron chi connectivity index (χ2n) is 4.08. The van der Waals surface area contributed by atoms with Gasteiger partial charge in [0.05, 0.1) is 6.10 Å². The second-order valence-corrected chi connectivity index (χ2v) is 4.81. The first-order valence-electron chi connectivity index (χ1n) is 5.48. The summed E-state index contributed by atoms with van der Waals surface area (Å²) < 4.78 is 4.28. The fraction of sp³-hybridized carbons (Fsp3) is 0.800. The number of anilines is 1. The van der Waals surface area contributed by atoms with Gasteiger partial charge in [0.15, 0.2) is 0 Å². The van der Waals surface area contributed by atoms with Gasteiger partial charge in [0.1, 0.15) is 5.82 Å². The highest BCUT2D eigenvalue weighted by Gasteiger charge is 2.31. The van der Waals surface area contributed by atoms with Crippen LogP contribution in [-0.4, -0.2) is 33.2 Å². The molecular weight excluding hydrogens is 210 g/mol. The minimum Gasteiger partial charge on any atom is -0.392 e. The molecule has 0 aromatic carbocycles. The number of hydrogen-bond donors (Lipinski definition) is 1.